The highest BCUT2D eigenvalue weighted by Gasteiger charge is 2.22. The molecule has 1 N–H and O–H groups in total. The van der Waals surface area contributed by atoms with Gasteiger partial charge in [0, 0.05) is 25.2 Å². The van der Waals surface area contributed by atoms with E-state index in [1.807, 2.05) is 0 Å². The summed E-state index contributed by atoms with van der Waals surface area (Å²) in [7, 11) is 0. The molecule has 1 aliphatic rings. The van der Waals surface area contributed by atoms with E-state index < -0.39 is 0 Å². The molecule has 0 radical (unpaired) electrons. The first-order valence-corrected chi connectivity index (χ1v) is 7.75. The zero-order chi connectivity index (χ0) is 12.1. The van der Waals surface area contributed by atoms with Crippen molar-refractivity contribution in [1.29, 1.82) is 0 Å². The van der Waals surface area contributed by atoms with Crippen LogP contribution in [-0.4, -0.2) is 30.6 Å². The number of thiophene rings is 1. The Labute approximate surface area is 109 Å². The normalized spacial score (nSPS) is 20.6. The summed E-state index contributed by atoms with van der Waals surface area (Å²) in [5.74, 6) is 0. The fraction of sp³-hybridized carbons (Fsp3) is 0.714. The Morgan fingerprint density at radius 3 is 2.82 bits per heavy atom. The zero-order valence-electron chi connectivity index (χ0n) is 11.0. The molecule has 17 heavy (non-hydrogen) atoms. The average molecular weight is 252 g/mol. The molecule has 2 heterocycles. The molecule has 0 saturated carbocycles. The van der Waals surface area contributed by atoms with Crippen LogP contribution in [0.5, 0.6) is 0 Å². The molecule has 1 unspecified atom stereocenters. The Bertz CT molecular complexity index is 302. The van der Waals surface area contributed by atoms with Crippen LogP contribution in [0.2, 0.25) is 0 Å². The minimum atomic E-state index is 0.591. The number of piperidine rings is 1. The second-order valence-electron chi connectivity index (χ2n) is 5.00. The molecular weight excluding hydrogens is 228 g/mol. The molecule has 0 aromatic carbocycles. The lowest BCUT2D eigenvalue weighted by atomic mass is 10.0. The topological polar surface area (TPSA) is 15.3 Å². The maximum atomic E-state index is 3.64. The Morgan fingerprint density at radius 2 is 2.24 bits per heavy atom. The molecule has 2 nitrogen and oxygen atoms in total. The van der Waals surface area contributed by atoms with E-state index in [0.29, 0.717) is 6.04 Å². The van der Waals surface area contributed by atoms with Gasteiger partial charge in [0.25, 0.3) is 0 Å². The van der Waals surface area contributed by atoms with Crippen LogP contribution in [0, 0.1) is 0 Å². The van der Waals surface area contributed by atoms with Gasteiger partial charge in [0.1, 0.15) is 0 Å². The predicted octanol–water partition coefficient (Wildman–Crippen LogP) is 3.27. The lowest BCUT2D eigenvalue weighted by Gasteiger charge is -2.36. The van der Waals surface area contributed by atoms with Gasteiger partial charge in [-0.15, -0.1) is 0 Å². The van der Waals surface area contributed by atoms with Gasteiger partial charge >= 0.3 is 0 Å². The molecule has 2 rings (SSSR count). The molecule has 1 aliphatic heterocycles. The van der Waals surface area contributed by atoms with Crippen LogP contribution in [0.4, 0.5) is 0 Å². The third-order valence-corrected chi connectivity index (χ3v) is 4.49. The standard InChI is InChI=1S/C14H24N2S/c1-3-7-15-14-4-8-16(9-5-14)12(2)13-6-10-17-11-13/h6,10-12,14-15H,3-5,7-9H2,1-2H3. The van der Waals surface area contributed by atoms with Gasteiger partial charge in [-0.1, -0.05) is 6.92 Å². The molecule has 3 heteroatoms. The molecule has 1 aromatic heterocycles. The molecule has 0 aliphatic carbocycles. The summed E-state index contributed by atoms with van der Waals surface area (Å²) in [6, 6.07) is 3.60. The highest BCUT2D eigenvalue weighted by Crippen LogP contribution is 2.25. The second kappa shape index (κ2) is 6.53. The van der Waals surface area contributed by atoms with E-state index in [2.05, 4.69) is 40.9 Å². The maximum absolute atomic E-state index is 3.64. The highest BCUT2D eigenvalue weighted by molar-refractivity contribution is 7.07. The molecule has 96 valence electrons. The summed E-state index contributed by atoms with van der Waals surface area (Å²) in [4.78, 5) is 2.62. The third-order valence-electron chi connectivity index (χ3n) is 3.79. The van der Waals surface area contributed by atoms with Gasteiger partial charge in [0.2, 0.25) is 0 Å². The Kier molecular flexibility index (Phi) is 5.01. The van der Waals surface area contributed by atoms with Crippen molar-refractivity contribution < 1.29 is 0 Å². The fourth-order valence-electron chi connectivity index (χ4n) is 2.56. The van der Waals surface area contributed by atoms with Crippen LogP contribution < -0.4 is 5.32 Å². The van der Waals surface area contributed by atoms with Crippen molar-refractivity contribution in [2.75, 3.05) is 19.6 Å². The molecule has 1 fully saturated rings. The Hall–Kier alpha value is -0.380. The van der Waals surface area contributed by atoms with E-state index in [0.717, 1.165) is 6.04 Å². The van der Waals surface area contributed by atoms with Crippen molar-refractivity contribution in [1.82, 2.24) is 10.2 Å². The van der Waals surface area contributed by atoms with Gasteiger partial charge in [-0.3, -0.25) is 4.90 Å². The van der Waals surface area contributed by atoms with Crippen molar-refractivity contribution >= 4 is 11.3 Å². The van der Waals surface area contributed by atoms with E-state index in [-0.39, 0.29) is 0 Å². The Morgan fingerprint density at radius 1 is 1.47 bits per heavy atom. The van der Waals surface area contributed by atoms with E-state index in [9.17, 15) is 0 Å². The van der Waals surface area contributed by atoms with Crippen LogP contribution >= 0.6 is 11.3 Å². The van der Waals surface area contributed by atoms with Gasteiger partial charge < -0.3 is 5.32 Å². The van der Waals surface area contributed by atoms with Gasteiger partial charge in [-0.25, -0.2) is 0 Å². The van der Waals surface area contributed by atoms with Crippen molar-refractivity contribution in [3.8, 4) is 0 Å². The minimum Gasteiger partial charge on any atom is -0.314 e. The molecule has 1 aromatic rings. The van der Waals surface area contributed by atoms with Crippen LogP contribution in [0.15, 0.2) is 16.8 Å². The van der Waals surface area contributed by atoms with Crippen molar-refractivity contribution in [2.24, 2.45) is 0 Å². The number of likely N-dealkylation sites (tertiary alicyclic amines) is 1. The predicted molar refractivity (Wildman–Crippen MR) is 75.6 cm³/mol. The monoisotopic (exact) mass is 252 g/mol. The second-order valence-corrected chi connectivity index (χ2v) is 5.78. The molecule has 0 bridgehead atoms. The number of hydrogen-bond donors (Lipinski definition) is 1. The summed E-state index contributed by atoms with van der Waals surface area (Å²) >= 11 is 1.80. The summed E-state index contributed by atoms with van der Waals surface area (Å²) in [6.45, 7) is 8.21. The molecule has 1 atom stereocenters. The van der Waals surface area contributed by atoms with Crippen molar-refractivity contribution in [2.45, 2.75) is 45.2 Å². The summed E-state index contributed by atoms with van der Waals surface area (Å²) in [6.07, 6.45) is 3.84. The van der Waals surface area contributed by atoms with Crippen LogP contribution in [0.3, 0.4) is 0 Å². The van der Waals surface area contributed by atoms with Gasteiger partial charge in [-0.2, -0.15) is 11.3 Å². The number of rotatable bonds is 5. The van der Waals surface area contributed by atoms with Crippen LogP contribution in [0.25, 0.3) is 0 Å². The van der Waals surface area contributed by atoms with E-state index in [1.54, 1.807) is 11.3 Å². The maximum Gasteiger partial charge on any atom is 0.0328 e. The fourth-order valence-corrected chi connectivity index (χ4v) is 3.31. The molecule has 0 amide bonds. The number of hydrogen-bond acceptors (Lipinski definition) is 3. The van der Waals surface area contributed by atoms with E-state index in [1.165, 1.54) is 44.5 Å². The van der Waals surface area contributed by atoms with Gasteiger partial charge in [0.15, 0.2) is 0 Å². The highest BCUT2D eigenvalue weighted by atomic mass is 32.1. The molecular formula is C14H24N2S. The summed E-state index contributed by atoms with van der Waals surface area (Å²) in [5.41, 5.74) is 1.48. The lowest BCUT2D eigenvalue weighted by molar-refractivity contribution is 0.153. The first-order chi connectivity index (χ1) is 8.31. The first kappa shape index (κ1) is 13.1. The smallest absolute Gasteiger partial charge is 0.0328 e. The quantitative estimate of drug-likeness (QED) is 0.865. The lowest BCUT2D eigenvalue weighted by Crippen LogP contribution is -2.43. The third kappa shape index (κ3) is 3.54. The molecule has 1 saturated heterocycles. The first-order valence-electron chi connectivity index (χ1n) is 6.80. The van der Waals surface area contributed by atoms with E-state index in [4.69, 9.17) is 0 Å². The molecule has 0 spiro atoms. The zero-order valence-corrected chi connectivity index (χ0v) is 11.8. The minimum absolute atomic E-state index is 0.591. The summed E-state index contributed by atoms with van der Waals surface area (Å²) in [5, 5.41) is 8.11. The summed E-state index contributed by atoms with van der Waals surface area (Å²) < 4.78 is 0. The Balaban J connectivity index is 1.79. The van der Waals surface area contributed by atoms with Crippen LogP contribution in [0.1, 0.15) is 44.7 Å². The van der Waals surface area contributed by atoms with Crippen LogP contribution in [-0.2, 0) is 0 Å². The number of nitrogens with one attached hydrogen (secondary N) is 1. The largest absolute Gasteiger partial charge is 0.314 e. The average Bonchev–Trinajstić information content (AvgIpc) is 2.90. The number of nitrogens with zero attached hydrogens (tertiary/aromatic N) is 1. The van der Waals surface area contributed by atoms with Crippen molar-refractivity contribution in [3.63, 3.8) is 0 Å². The van der Waals surface area contributed by atoms with Gasteiger partial charge in [0.05, 0.1) is 0 Å². The SMILES string of the molecule is CCCNC1CCN(C(C)c2ccsc2)CC1. The van der Waals surface area contributed by atoms with Gasteiger partial charge in [-0.05, 0) is 55.1 Å². The van der Waals surface area contributed by atoms with Crippen molar-refractivity contribution in [3.05, 3.63) is 22.4 Å². The van der Waals surface area contributed by atoms with E-state index >= 15 is 0 Å².